The maximum Gasteiger partial charge on any atom is 0.264 e. The van der Waals surface area contributed by atoms with Gasteiger partial charge in [-0.2, -0.15) is 0 Å². The summed E-state index contributed by atoms with van der Waals surface area (Å²) in [6, 6.07) is 18.4. The molecule has 0 aliphatic heterocycles. The number of carbonyl (C=O) groups excluding carboxylic acids is 1. The first kappa shape index (κ1) is 23.8. The van der Waals surface area contributed by atoms with Crippen LogP contribution in [0, 0.1) is 20.8 Å². The Balaban J connectivity index is 1.88. The van der Waals surface area contributed by atoms with Crippen LogP contribution < -0.4 is 9.62 Å². The number of hydrogen-bond donors (Lipinski definition) is 1. The Morgan fingerprint density at radius 2 is 1.53 bits per heavy atom. The van der Waals surface area contributed by atoms with E-state index in [1.165, 1.54) is 29.8 Å². The molecule has 3 aromatic rings. The van der Waals surface area contributed by atoms with E-state index in [4.69, 9.17) is 11.6 Å². The maximum atomic E-state index is 13.4. The smallest absolute Gasteiger partial charge is 0.264 e. The van der Waals surface area contributed by atoms with Gasteiger partial charge in [0.25, 0.3) is 10.0 Å². The topological polar surface area (TPSA) is 66.5 Å². The van der Waals surface area contributed by atoms with Crippen molar-refractivity contribution in [3.05, 3.63) is 94.0 Å². The van der Waals surface area contributed by atoms with Crippen LogP contribution in [0.2, 0.25) is 5.02 Å². The van der Waals surface area contributed by atoms with Crippen LogP contribution in [0.1, 0.15) is 35.2 Å². The van der Waals surface area contributed by atoms with Gasteiger partial charge in [-0.05, 0) is 86.3 Å². The Morgan fingerprint density at radius 1 is 0.938 bits per heavy atom. The van der Waals surface area contributed by atoms with Gasteiger partial charge in [-0.3, -0.25) is 9.10 Å². The molecule has 168 valence electrons. The van der Waals surface area contributed by atoms with Gasteiger partial charge in [0.1, 0.15) is 6.54 Å². The highest BCUT2D eigenvalue weighted by molar-refractivity contribution is 7.92. The van der Waals surface area contributed by atoms with Crippen molar-refractivity contribution in [3.63, 3.8) is 0 Å². The van der Waals surface area contributed by atoms with Crippen LogP contribution in [0.3, 0.4) is 0 Å². The van der Waals surface area contributed by atoms with Crippen molar-refractivity contribution in [1.29, 1.82) is 0 Å². The average Bonchev–Trinajstić information content (AvgIpc) is 2.75. The minimum absolute atomic E-state index is 0.0663. The van der Waals surface area contributed by atoms with Crippen LogP contribution in [0.15, 0.2) is 71.6 Å². The minimum Gasteiger partial charge on any atom is -0.348 e. The molecule has 0 aromatic heterocycles. The lowest BCUT2D eigenvalue weighted by Crippen LogP contribution is -2.41. The lowest BCUT2D eigenvalue weighted by atomic mass is 9.96. The molecule has 0 spiro atoms. The first-order valence-electron chi connectivity index (χ1n) is 10.3. The number of amides is 1. The van der Waals surface area contributed by atoms with Gasteiger partial charge in [0.2, 0.25) is 5.91 Å². The predicted octanol–water partition coefficient (Wildman–Crippen LogP) is 5.34. The van der Waals surface area contributed by atoms with E-state index in [1.54, 1.807) is 30.3 Å². The highest BCUT2D eigenvalue weighted by Gasteiger charge is 2.27. The highest BCUT2D eigenvalue weighted by Crippen LogP contribution is 2.25. The third-order valence-corrected chi connectivity index (χ3v) is 7.50. The van der Waals surface area contributed by atoms with Crippen LogP contribution in [0.4, 0.5) is 5.69 Å². The lowest BCUT2D eigenvalue weighted by molar-refractivity contribution is -0.120. The van der Waals surface area contributed by atoms with Crippen molar-refractivity contribution < 1.29 is 13.2 Å². The summed E-state index contributed by atoms with van der Waals surface area (Å²) in [6.45, 7) is 7.64. The van der Waals surface area contributed by atoms with Gasteiger partial charge in [-0.25, -0.2) is 8.42 Å². The number of hydrogen-bond acceptors (Lipinski definition) is 3. The van der Waals surface area contributed by atoms with Crippen molar-refractivity contribution in [3.8, 4) is 0 Å². The molecular formula is C25H27ClN2O3S. The van der Waals surface area contributed by atoms with Crippen LogP contribution in [-0.4, -0.2) is 20.9 Å². The van der Waals surface area contributed by atoms with Gasteiger partial charge in [0, 0.05) is 5.02 Å². The lowest BCUT2D eigenvalue weighted by Gasteiger charge is -2.25. The summed E-state index contributed by atoms with van der Waals surface area (Å²) >= 11 is 5.92. The zero-order valence-electron chi connectivity index (χ0n) is 18.6. The maximum absolute atomic E-state index is 13.4. The van der Waals surface area contributed by atoms with Gasteiger partial charge in [0.15, 0.2) is 0 Å². The number of aryl methyl sites for hydroxylation is 3. The largest absolute Gasteiger partial charge is 0.348 e. The molecule has 0 aliphatic carbocycles. The molecule has 7 heteroatoms. The number of benzene rings is 3. The van der Waals surface area contributed by atoms with E-state index in [9.17, 15) is 13.2 Å². The van der Waals surface area contributed by atoms with Crippen molar-refractivity contribution in [2.45, 2.75) is 38.6 Å². The second kappa shape index (κ2) is 9.76. The van der Waals surface area contributed by atoms with E-state index in [0.29, 0.717) is 10.7 Å². The van der Waals surface area contributed by atoms with Crippen molar-refractivity contribution >= 4 is 33.2 Å². The van der Waals surface area contributed by atoms with Gasteiger partial charge >= 0.3 is 0 Å². The minimum atomic E-state index is -3.97. The number of carbonyl (C=O) groups is 1. The zero-order valence-corrected chi connectivity index (χ0v) is 20.2. The quantitative estimate of drug-likeness (QED) is 0.507. The van der Waals surface area contributed by atoms with E-state index in [2.05, 4.69) is 24.4 Å². The average molecular weight is 471 g/mol. The molecular weight excluding hydrogens is 444 g/mol. The molecule has 3 aromatic carbocycles. The number of para-hydroxylation sites is 1. The predicted molar refractivity (Wildman–Crippen MR) is 130 cm³/mol. The molecule has 1 unspecified atom stereocenters. The Labute approximate surface area is 195 Å². The van der Waals surface area contributed by atoms with Crippen LogP contribution in [0.25, 0.3) is 0 Å². The van der Waals surface area contributed by atoms with Gasteiger partial charge in [-0.1, -0.05) is 41.9 Å². The van der Waals surface area contributed by atoms with Gasteiger partial charge in [0.05, 0.1) is 16.6 Å². The molecule has 1 amide bonds. The summed E-state index contributed by atoms with van der Waals surface area (Å²) in [5.41, 5.74) is 4.83. The second-order valence-electron chi connectivity index (χ2n) is 7.88. The van der Waals surface area contributed by atoms with E-state index in [0.717, 1.165) is 21.0 Å². The molecule has 0 heterocycles. The molecule has 0 saturated carbocycles. The Bertz CT molecular complexity index is 1210. The zero-order chi connectivity index (χ0) is 23.5. The molecule has 0 radical (unpaired) electrons. The summed E-state index contributed by atoms with van der Waals surface area (Å²) in [6.07, 6.45) is 0. The van der Waals surface area contributed by atoms with Gasteiger partial charge < -0.3 is 5.32 Å². The van der Waals surface area contributed by atoms with E-state index in [-0.39, 0.29) is 17.5 Å². The fraction of sp³-hybridized carbons (Fsp3) is 0.240. The number of anilines is 1. The summed E-state index contributed by atoms with van der Waals surface area (Å²) in [5, 5.41) is 3.39. The van der Waals surface area contributed by atoms with Crippen molar-refractivity contribution in [2.24, 2.45) is 0 Å². The fourth-order valence-electron chi connectivity index (χ4n) is 3.59. The fourth-order valence-corrected chi connectivity index (χ4v) is 5.13. The molecule has 32 heavy (non-hydrogen) atoms. The number of halogens is 1. The third-order valence-electron chi connectivity index (χ3n) is 5.46. The summed E-state index contributed by atoms with van der Waals surface area (Å²) in [5.74, 6) is -0.392. The molecule has 0 aliphatic rings. The number of nitrogens with zero attached hydrogens (tertiary/aromatic N) is 1. The molecule has 1 N–H and O–H groups in total. The van der Waals surface area contributed by atoms with E-state index >= 15 is 0 Å². The van der Waals surface area contributed by atoms with Crippen LogP contribution in [-0.2, 0) is 14.8 Å². The normalized spacial score (nSPS) is 12.3. The number of nitrogens with one attached hydrogen (secondary N) is 1. The van der Waals surface area contributed by atoms with Crippen LogP contribution >= 0.6 is 11.6 Å². The number of sulfonamides is 1. The van der Waals surface area contributed by atoms with Gasteiger partial charge in [-0.15, -0.1) is 0 Å². The summed E-state index contributed by atoms with van der Waals surface area (Å²) in [4.78, 5) is 13.0. The van der Waals surface area contributed by atoms with E-state index in [1.807, 2.05) is 20.8 Å². The standard InChI is InChI=1S/C25H27ClN2O3S/c1-17-14-19(3)24(15-18(17)2)20(4)27-25(29)16-28(22-8-6-5-7-9-22)32(30,31)23-12-10-21(26)11-13-23/h5-15,20H,16H2,1-4H3,(H,27,29). The Hall–Kier alpha value is -2.83. The van der Waals surface area contributed by atoms with Crippen molar-refractivity contribution in [1.82, 2.24) is 5.32 Å². The Kier molecular flexibility index (Phi) is 7.26. The SMILES string of the molecule is Cc1cc(C)c(C(C)NC(=O)CN(c2ccccc2)S(=O)(=O)c2ccc(Cl)cc2)cc1C. The first-order valence-corrected chi connectivity index (χ1v) is 12.1. The third kappa shape index (κ3) is 5.31. The van der Waals surface area contributed by atoms with E-state index < -0.39 is 15.9 Å². The summed E-state index contributed by atoms with van der Waals surface area (Å²) < 4.78 is 27.9. The molecule has 3 rings (SSSR count). The monoisotopic (exact) mass is 470 g/mol. The Morgan fingerprint density at radius 3 is 2.16 bits per heavy atom. The molecule has 0 fully saturated rings. The first-order chi connectivity index (χ1) is 15.1. The molecule has 1 atom stereocenters. The molecule has 0 bridgehead atoms. The molecule has 0 saturated heterocycles. The van der Waals surface area contributed by atoms with Crippen molar-refractivity contribution in [2.75, 3.05) is 10.8 Å². The summed E-state index contributed by atoms with van der Waals surface area (Å²) in [7, 11) is -3.97. The number of rotatable bonds is 7. The highest BCUT2D eigenvalue weighted by atomic mass is 35.5. The van der Waals surface area contributed by atoms with Crippen LogP contribution in [0.5, 0.6) is 0 Å². The molecule has 5 nitrogen and oxygen atoms in total. The second-order valence-corrected chi connectivity index (χ2v) is 10.2.